The van der Waals surface area contributed by atoms with Crippen LogP contribution in [0.25, 0.3) is 0 Å². The van der Waals surface area contributed by atoms with Gasteiger partial charge in [0.25, 0.3) is 0 Å². The van der Waals surface area contributed by atoms with E-state index in [1.807, 2.05) is 0 Å². The zero-order chi connectivity index (χ0) is 12.8. The minimum atomic E-state index is 0.0498. The molecule has 0 spiro atoms. The molecule has 0 aliphatic carbocycles. The summed E-state index contributed by atoms with van der Waals surface area (Å²) in [6.07, 6.45) is 2.34. The second kappa shape index (κ2) is 7.14. The fraction of sp³-hybridized carbons (Fsp3) is 0.714. The van der Waals surface area contributed by atoms with Gasteiger partial charge in [0.2, 0.25) is 0 Å². The highest BCUT2D eigenvalue weighted by atomic mass is 32.1. The summed E-state index contributed by atoms with van der Waals surface area (Å²) >= 11 is 1.73. The van der Waals surface area contributed by atoms with Crippen molar-refractivity contribution in [3.63, 3.8) is 0 Å². The Kier molecular flexibility index (Phi) is 6.17. The SMILES string of the molecule is CCC(N)C(OC(C)CC(C)C)c1cccs1. The maximum Gasteiger partial charge on any atom is 0.107 e. The number of hydrogen-bond donors (Lipinski definition) is 1. The van der Waals surface area contributed by atoms with Crippen LogP contribution in [0.15, 0.2) is 17.5 Å². The van der Waals surface area contributed by atoms with Gasteiger partial charge in [-0.2, -0.15) is 0 Å². The van der Waals surface area contributed by atoms with Gasteiger partial charge in [0.05, 0.1) is 6.10 Å². The summed E-state index contributed by atoms with van der Waals surface area (Å²) in [6, 6.07) is 4.27. The molecule has 0 saturated carbocycles. The standard InChI is InChI=1S/C14H25NOS/c1-5-12(15)14(13-7-6-8-17-13)16-11(4)9-10(2)3/h6-8,10-12,14H,5,9,15H2,1-4H3. The predicted molar refractivity (Wildman–Crippen MR) is 75.3 cm³/mol. The number of rotatable bonds is 7. The van der Waals surface area contributed by atoms with Crippen molar-refractivity contribution in [2.45, 2.75) is 58.8 Å². The summed E-state index contributed by atoms with van der Waals surface area (Å²) in [5.74, 6) is 0.659. The molecule has 0 amide bonds. The third-order valence-electron chi connectivity index (χ3n) is 2.87. The predicted octanol–water partition coefficient (Wildman–Crippen LogP) is 3.98. The molecule has 3 heteroatoms. The third kappa shape index (κ3) is 4.78. The van der Waals surface area contributed by atoms with Crippen LogP contribution in [-0.2, 0) is 4.74 Å². The van der Waals surface area contributed by atoms with Gasteiger partial charge in [-0.15, -0.1) is 11.3 Å². The van der Waals surface area contributed by atoms with Crippen molar-refractivity contribution < 1.29 is 4.74 Å². The minimum Gasteiger partial charge on any atom is -0.368 e. The minimum absolute atomic E-state index is 0.0498. The van der Waals surface area contributed by atoms with E-state index < -0.39 is 0 Å². The van der Waals surface area contributed by atoms with Crippen molar-refractivity contribution in [1.82, 2.24) is 0 Å². The Morgan fingerprint density at radius 1 is 1.35 bits per heavy atom. The Balaban J connectivity index is 2.65. The second-order valence-electron chi connectivity index (χ2n) is 5.08. The molecule has 98 valence electrons. The molecule has 2 nitrogen and oxygen atoms in total. The Morgan fingerprint density at radius 2 is 2.06 bits per heavy atom. The maximum atomic E-state index is 6.17. The summed E-state index contributed by atoms with van der Waals surface area (Å²) in [4.78, 5) is 1.25. The molecule has 3 atom stereocenters. The van der Waals surface area contributed by atoms with Crippen LogP contribution in [-0.4, -0.2) is 12.1 Å². The summed E-state index contributed by atoms with van der Waals surface area (Å²) < 4.78 is 6.14. The number of ether oxygens (including phenoxy) is 1. The number of nitrogens with two attached hydrogens (primary N) is 1. The van der Waals surface area contributed by atoms with Crippen LogP contribution in [0.3, 0.4) is 0 Å². The number of hydrogen-bond acceptors (Lipinski definition) is 3. The third-order valence-corrected chi connectivity index (χ3v) is 3.80. The zero-order valence-electron chi connectivity index (χ0n) is 11.3. The quantitative estimate of drug-likeness (QED) is 0.800. The first kappa shape index (κ1) is 14.7. The van der Waals surface area contributed by atoms with Crippen LogP contribution in [0.4, 0.5) is 0 Å². The summed E-state index contributed by atoms with van der Waals surface area (Å²) in [5.41, 5.74) is 6.17. The lowest BCUT2D eigenvalue weighted by Gasteiger charge is -2.27. The highest BCUT2D eigenvalue weighted by Gasteiger charge is 2.22. The van der Waals surface area contributed by atoms with Crippen molar-refractivity contribution in [1.29, 1.82) is 0 Å². The van der Waals surface area contributed by atoms with Crippen molar-refractivity contribution in [3.8, 4) is 0 Å². The van der Waals surface area contributed by atoms with Gasteiger partial charge >= 0.3 is 0 Å². The molecule has 0 fully saturated rings. The van der Waals surface area contributed by atoms with Gasteiger partial charge in [-0.25, -0.2) is 0 Å². The van der Waals surface area contributed by atoms with Gasteiger partial charge in [-0.3, -0.25) is 0 Å². The van der Waals surface area contributed by atoms with Gasteiger partial charge < -0.3 is 10.5 Å². The largest absolute Gasteiger partial charge is 0.368 e. The van der Waals surface area contributed by atoms with Crippen molar-refractivity contribution >= 4 is 11.3 Å². The maximum absolute atomic E-state index is 6.17. The lowest BCUT2D eigenvalue weighted by Crippen LogP contribution is -2.31. The fourth-order valence-corrected chi connectivity index (χ4v) is 2.85. The van der Waals surface area contributed by atoms with Crippen LogP contribution >= 0.6 is 11.3 Å². The lowest BCUT2D eigenvalue weighted by molar-refractivity contribution is -0.0252. The molecule has 0 aromatic carbocycles. The van der Waals surface area contributed by atoms with E-state index in [-0.39, 0.29) is 18.2 Å². The van der Waals surface area contributed by atoms with Crippen LogP contribution in [0.2, 0.25) is 0 Å². The van der Waals surface area contributed by atoms with E-state index in [2.05, 4.69) is 45.2 Å². The molecule has 0 aliphatic rings. The van der Waals surface area contributed by atoms with E-state index in [0.717, 1.165) is 12.8 Å². The monoisotopic (exact) mass is 255 g/mol. The normalized spacial score (nSPS) is 17.1. The van der Waals surface area contributed by atoms with Gasteiger partial charge in [0.1, 0.15) is 6.10 Å². The average Bonchev–Trinajstić information content (AvgIpc) is 2.77. The Hall–Kier alpha value is -0.380. The van der Waals surface area contributed by atoms with E-state index in [0.29, 0.717) is 5.92 Å². The Morgan fingerprint density at radius 3 is 2.53 bits per heavy atom. The molecule has 17 heavy (non-hydrogen) atoms. The second-order valence-corrected chi connectivity index (χ2v) is 6.06. The highest BCUT2D eigenvalue weighted by molar-refractivity contribution is 7.10. The lowest BCUT2D eigenvalue weighted by atomic mass is 10.0. The summed E-state index contributed by atoms with van der Waals surface area (Å²) in [7, 11) is 0. The van der Waals surface area contributed by atoms with Gasteiger partial charge in [0.15, 0.2) is 0 Å². The molecule has 0 bridgehead atoms. The van der Waals surface area contributed by atoms with Crippen molar-refractivity contribution in [2.75, 3.05) is 0 Å². The molecule has 1 rings (SSSR count). The van der Waals surface area contributed by atoms with E-state index in [4.69, 9.17) is 10.5 Å². The molecule has 1 heterocycles. The average molecular weight is 255 g/mol. The molecular weight excluding hydrogens is 230 g/mol. The Labute approximate surface area is 109 Å². The first-order valence-corrected chi connectivity index (χ1v) is 7.37. The zero-order valence-corrected chi connectivity index (χ0v) is 12.2. The molecule has 1 aromatic heterocycles. The Bertz CT molecular complexity index is 297. The molecular formula is C14H25NOS. The van der Waals surface area contributed by atoms with Crippen LogP contribution < -0.4 is 5.73 Å². The summed E-state index contributed by atoms with van der Waals surface area (Å²) in [6.45, 7) is 8.70. The van der Waals surface area contributed by atoms with Crippen molar-refractivity contribution in [3.05, 3.63) is 22.4 Å². The van der Waals surface area contributed by atoms with E-state index in [1.165, 1.54) is 4.88 Å². The van der Waals surface area contributed by atoms with Crippen LogP contribution in [0.5, 0.6) is 0 Å². The summed E-state index contributed by atoms with van der Waals surface area (Å²) in [5, 5.41) is 2.08. The molecule has 0 saturated heterocycles. The van der Waals surface area contributed by atoms with Gasteiger partial charge in [-0.1, -0.05) is 26.8 Å². The first-order valence-electron chi connectivity index (χ1n) is 6.49. The molecule has 3 unspecified atom stereocenters. The number of thiophene rings is 1. The topological polar surface area (TPSA) is 35.2 Å². The highest BCUT2D eigenvalue weighted by Crippen LogP contribution is 2.28. The smallest absolute Gasteiger partial charge is 0.107 e. The van der Waals surface area contributed by atoms with Gasteiger partial charge in [0, 0.05) is 10.9 Å². The van der Waals surface area contributed by atoms with Crippen LogP contribution in [0.1, 0.15) is 51.5 Å². The first-order chi connectivity index (χ1) is 8.04. The molecule has 2 N–H and O–H groups in total. The molecule has 0 radical (unpaired) electrons. The van der Waals surface area contributed by atoms with Crippen LogP contribution in [0, 0.1) is 5.92 Å². The van der Waals surface area contributed by atoms with Gasteiger partial charge in [-0.05, 0) is 37.1 Å². The van der Waals surface area contributed by atoms with E-state index in [9.17, 15) is 0 Å². The molecule has 0 aliphatic heterocycles. The molecule has 1 aromatic rings. The van der Waals surface area contributed by atoms with E-state index >= 15 is 0 Å². The van der Waals surface area contributed by atoms with Crippen molar-refractivity contribution in [2.24, 2.45) is 11.7 Å². The fourth-order valence-electron chi connectivity index (χ4n) is 2.02. The van der Waals surface area contributed by atoms with E-state index in [1.54, 1.807) is 11.3 Å².